The first-order chi connectivity index (χ1) is 6.87. The summed E-state index contributed by atoms with van der Waals surface area (Å²) in [6.45, 7) is 3.88. The highest BCUT2D eigenvalue weighted by Crippen LogP contribution is 2.31. The molecule has 1 heterocycles. The number of nitrogens with zero attached hydrogens (tertiary/aromatic N) is 2. The quantitative estimate of drug-likeness (QED) is 0.660. The summed E-state index contributed by atoms with van der Waals surface area (Å²) in [6.07, 6.45) is 12.8. The maximum atomic E-state index is 4.14. The molecule has 14 heavy (non-hydrogen) atoms. The Bertz CT molecular complexity index is 379. The zero-order valence-electron chi connectivity index (χ0n) is 7.93. The predicted octanol–water partition coefficient (Wildman–Crippen LogP) is 2.42. The molecule has 0 fully saturated rings. The van der Waals surface area contributed by atoms with Gasteiger partial charge in [0, 0.05) is 6.20 Å². The fraction of sp³-hybridized carbons (Fsp3) is 0.167. The van der Waals surface area contributed by atoms with Gasteiger partial charge in [-0.25, -0.2) is 0 Å². The lowest BCUT2D eigenvalue weighted by atomic mass is 9.79. The fourth-order valence-electron chi connectivity index (χ4n) is 1.63. The van der Waals surface area contributed by atoms with Crippen molar-refractivity contribution in [2.24, 2.45) is 0 Å². The average Bonchev–Trinajstić information content (AvgIpc) is 2.31. The summed E-state index contributed by atoms with van der Waals surface area (Å²) < 4.78 is 0. The van der Waals surface area contributed by atoms with Gasteiger partial charge in [0.15, 0.2) is 0 Å². The molecule has 0 saturated heterocycles. The minimum Gasteiger partial charge on any atom is -0.159 e. The molecular formula is C12H12N2. The summed E-state index contributed by atoms with van der Waals surface area (Å²) in [5.41, 5.74) is 0.791. The van der Waals surface area contributed by atoms with Crippen LogP contribution in [0.2, 0.25) is 0 Å². The van der Waals surface area contributed by atoms with Gasteiger partial charge in [-0.05, 0) is 18.6 Å². The molecule has 1 aromatic rings. The largest absolute Gasteiger partial charge is 0.159 e. The van der Waals surface area contributed by atoms with Gasteiger partial charge in [-0.15, -0.1) is 6.58 Å². The number of allylic oxidation sites excluding steroid dienone is 5. The SMILES string of the molecule is C=CC1(c2cccnn2)C=CC=CC1. The van der Waals surface area contributed by atoms with Gasteiger partial charge >= 0.3 is 0 Å². The van der Waals surface area contributed by atoms with Crippen LogP contribution in [0.5, 0.6) is 0 Å². The molecule has 1 aliphatic carbocycles. The Kier molecular flexibility index (Phi) is 2.27. The number of hydrogen-bond donors (Lipinski definition) is 0. The van der Waals surface area contributed by atoms with Gasteiger partial charge in [-0.2, -0.15) is 10.2 Å². The molecule has 0 aliphatic heterocycles. The molecule has 1 unspecified atom stereocenters. The predicted molar refractivity (Wildman–Crippen MR) is 56.8 cm³/mol. The molecule has 1 atom stereocenters. The lowest BCUT2D eigenvalue weighted by Crippen LogP contribution is -2.22. The summed E-state index contributed by atoms with van der Waals surface area (Å²) in [4.78, 5) is 0. The zero-order chi connectivity index (χ0) is 9.86. The van der Waals surface area contributed by atoms with Crippen molar-refractivity contribution >= 4 is 0 Å². The van der Waals surface area contributed by atoms with Crippen molar-refractivity contribution in [2.45, 2.75) is 11.8 Å². The maximum Gasteiger partial charge on any atom is 0.0771 e. The molecule has 1 aliphatic rings. The van der Waals surface area contributed by atoms with E-state index in [9.17, 15) is 0 Å². The highest BCUT2D eigenvalue weighted by molar-refractivity contribution is 5.35. The van der Waals surface area contributed by atoms with Crippen molar-refractivity contribution in [3.05, 3.63) is 61.0 Å². The van der Waals surface area contributed by atoms with Crippen LogP contribution in [-0.2, 0) is 5.41 Å². The first kappa shape index (κ1) is 8.88. The van der Waals surface area contributed by atoms with Crippen LogP contribution < -0.4 is 0 Å². The van der Waals surface area contributed by atoms with Crippen LogP contribution in [0.25, 0.3) is 0 Å². The van der Waals surface area contributed by atoms with E-state index in [1.54, 1.807) is 6.20 Å². The van der Waals surface area contributed by atoms with Gasteiger partial charge in [0.1, 0.15) is 0 Å². The van der Waals surface area contributed by atoms with Crippen LogP contribution in [0.1, 0.15) is 12.1 Å². The van der Waals surface area contributed by atoms with E-state index in [0.717, 1.165) is 12.1 Å². The van der Waals surface area contributed by atoms with Crippen LogP contribution in [0.15, 0.2) is 55.3 Å². The molecule has 70 valence electrons. The van der Waals surface area contributed by atoms with Crippen molar-refractivity contribution < 1.29 is 0 Å². The molecule has 0 radical (unpaired) electrons. The highest BCUT2D eigenvalue weighted by atomic mass is 15.1. The molecule has 0 saturated carbocycles. The number of aromatic nitrogens is 2. The van der Waals surface area contributed by atoms with E-state index < -0.39 is 0 Å². The molecule has 2 rings (SSSR count). The molecule has 0 amide bonds. The monoisotopic (exact) mass is 184 g/mol. The highest BCUT2D eigenvalue weighted by Gasteiger charge is 2.27. The summed E-state index contributed by atoms with van der Waals surface area (Å²) in [6, 6.07) is 3.89. The van der Waals surface area contributed by atoms with Gasteiger partial charge in [0.25, 0.3) is 0 Å². The summed E-state index contributed by atoms with van der Waals surface area (Å²) >= 11 is 0. The van der Waals surface area contributed by atoms with Crippen LogP contribution in [0.4, 0.5) is 0 Å². The van der Waals surface area contributed by atoms with Gasteiger partial charge < -0.3 is 0 Å². The molecule has 0 spiro atoms. The number of hydrogen-bond acceptors (Lipinski definition) is 2. The van der Waals surface area contributed by atoms with Gasteiger partial charge in [-0.1, -0.05) is 30.4 Å². The van der Waals surface area contributed by atoms with Crippen LogP contribution >= 0.6 is 0 Å². The van der Waals surface area contributed by atoms with E-state index in [0.29, 0.717) is 0 Å². The Morgan fingerprint density at radius 3 is 2.93 bits per heavy atom. The summed E-state index contributed by atoms with van der Waals surface area (Å²) in [7, 11) is 0. The van der Waals surface area contributed by atoms with Gasteiger partial charge in [-0.3, -0.25) is 0 Å². The normalized spacial score (nSPS) is 24.9. The molecule has 0 N–H and O–H groups in total. The zero-order valence-corrected chi connectivity index (χ0v) is 7.93. The van der Waals surface area contributed by atoms with Crippen molar-refractivity contribution in [3.8, 4) is 0 Å². The number of rotatable bonds is 2. The smallest absolute Gasteiger partial charge is 0.0771 e. The van der Waals surface area contributed by atoms with Gasteiger partial charge in [0.05, 0.1) is 11.1 Å². The molecular weight excluding hydrogens is 172 g/mol. The van der Waals surface area contributed by atoms with Crippen LogP contribution in [-0.4, -0.2) is 10.2 Å². The molecule has 0 bridgehead atoms. The maximum absolute atomic E-state index is 4.14. The lowest BCUT2D eigenvalue weighted by Gasteiger charge is -2.26. The van der Waals surface area contributed by atoms with E-state index in [1.807, 2.05) is 30.4 Å². The first-order valence-electron chi connectivity index (χ1n) is 4.63. The van der Waals surface area contributed by atoms with Crippen molar-refractivity contribution in [2.75, 3.05) is 0 Å². The standard InChI is InChI=1S/C12H12N2/c1-2-12(8-4-3-5-9-12)11-7-6-10-13-14-11/h2-8,10H,1,9H2. The first-order valence-corrected chi connectivity index (χ1v) is 4.63. The molecule has 2 heteroatoms. The van der Waals surface area contributed by atoms with E-state index in [4.69, 9.17) is 0 Å². The van der Waals surface area contributed by atoms with Crippen molar-refractivity contribution in [1.82, 2.24) is 10.2 Å². The van der Waals surface area contributed by atoms with Crippen LogP contribution in [0.3, 0.4) is 0 Å². The van der Waals surface area contributed by atoms with Gasteiger partial charge in [0.2, 0.25) is 0 Å². The summed E-state index contributed by atoms with van der Waals surface area (Å²) in [5, 5.41) is 8.04. The Morgan fingerprint density at radius 1 is 1.43 bits per heavy atom. The second-order valence-electron chi connectivity index (χ2n) is 3.34. The summed E-state index contributed by atoms with van der Waals surface area (Å²) in [5.74, 6) is 0. The minimum absolute atomic E-state index is 0.164. The molecule has 0 aromatic carbocycles. The van der Waals surface area contributed by atoms with E-state index >= 15 is 0 Å². The second kappa shape index (κ2) is 3.58. The molecule has 1 aromatic heterocycles. The Hall–Kier alpha value is -1.70. The van der Waals surface area contributed by atoms with E-state index in [2.05, 4.69) is 28.9 Å². The third-order valence-corrected chi connectivity index (χ3v) is 2.51. The Morgan fingerprint density at radius 2 is 2.36 bits per heavy atom. The van der Waals surface area contributed by atoms with Crippen LogP contribution in [0, 0.1) is 0 Å². The fourth-order valence-corrected chi connectivity index (χ4v) is 1.63. The topological polar surface area (TPSA) is 25.8 Å². The van der Waals surface area contributed by atoms with E-state index in [-0.39, 0.29) is 5.41 Å². The second-order valence-corrected chi connectivity index (χ2v) is 3.34. The molecule has 2 nitrogen and oxygen atoms in total. The average molecular weight is 184 g/mol. The Labute approximate surface area is 83.7 Å². The van der Waals surface area contributed by atoms with Crippen molar-refractivity contribution in [1.29, 1.82) is 0 Å². The third kappa shape index (κ3) is 1.39. The van der Waals surface area contributed by atoms with E-state index in [1.165, 1.54) is 0 Å². The lowest BCUT2D eigenvalue weighted by molar-refractivity contribution is 0.637. The van der Waals surface area contributed by atoms with Crippen molar-refractivity contribution in [3.63, 3.8) is 0 Å². The Balaban J connectivity index is 2.44. The third-order valence-electron chi connectivity index (χ3n) is 2.51. The minimum atomic E-state index is -0.164.